The molecule has 92 valence electrons. The summed E-state index contributed by atoms with van der Waals surface area (Å²) in [5, 5.41) is 0.674. The highest BCUT2D eigenvalue weighted by Crippen LogP contribution is 2.19. The van der Waals surface area contributed by atoms with Crippen molar-refractivity contribution >= 4 is 49.6 Å². The van der Waals surface area contributed by atoms with E-state index in [1.165, 1.54) is 0 Å². The van der Waals surface area contributed by atoms with Crippen molar-refractivity contribution in [3.05, 3.63) is 11.1 Å². The van der Waals surface area contributed by atoms with Gasteiger partial charge in [-0.05, 0) is 28.4 Å². The van der Waals surface area contributed by atoms with Crippen LogP contribution < -0.4 is 0 Å². The highest BCUT2D eigenvalue weighted by atomic mass is 79.9. The maximum Gasteiger partial charge on any atom is 0.219 e. The van der Waals surface area contributed by atoms with E-state index in [1.54, 1.807) is 0 Å². The molecule has 0 bridgehead atoms. The van der Waals surface area contributed by atoms with Gasteiger partial charge < -0.3 is 0 Å². The van der Waals surface area contributed by atoms with E-state index in [2.05, 4.69) is 46.3 Å². The highest BCUT2D eigenvalue weighted by Gasteiger charge is 2.13. The van der Waals surface area contributed by atoms with Crippen molar-refractivity contribution in [3.63, 3.8) is 0 Å². The molecule has 1 atom stereocenters. The molecule has 0 unspecified atom stereocenters. The normalized spacial score (nSPS) is 15.4. The number of hydrogen-bond acceptors (Lipinski definition) is 1. The van der Waals surface area contributed by atoms with Gasteiger partial charge in [-0.3, -0.25) is 4.99 Å². The van der Waals surface area contributed by atoms with Crippen molar-refractivity contribution < 1.29 is 0 Å². The molecule has 16 heavy (non-hydrogen) atoms. The summed E-state index contributed by atoms with van der Waals surface area (Å²) in [7, 11) is 0. The van der Waals surface area contributed by atoms with Gasteiger partial charge in [0.1, 0.15) is 5.17 Å². The maximum atomic E-state index is 5.91. The smallest absolute Gasteiger partial charge is 0.219 e. The molecule has 0 aliphatic heterocycles. The van der Waals surface area contributed by atoms with Crippen LogP contribution in [0, 0.1) is 5.92 Å². The first-order valence-electron chi connectivity index (χ1n) is 5.16. The van der Waals surface area contributed by atoms with Gasteiger partial charge in [-0.1, -0.05) is 54.9 Å². The molecule has 0 radical (unpaired) electrons. The van der Waals surface area contributed by atoms with Gasteiger partial charge in [0, 0.05) is 6.42 Å². The van der Waals surface area contributed by atoms with Crippen molar-refractivity contribution in [1.82, 2.24) is 0 Å². The Hall–Kier alpha value is 0.140. The topological polar surface area (TPSA) is 24.7 Å². The van der Waals surface area contributed by atoms with Crippen molar-refractivity contribution in [1.29, 1.82) is 0 Å². The zero-order chi connectivity index (χ0) is 12.7. The molecule has 0 aliphatic rings. The third-order valence-electron chi connectivity index (χ3n) is 1.98. The van der Waals surface area contributed by atoms with Gasteiger partial charge in [0.05, 0.1) is 6.04 Å². The van der Waals surface area contributed by atoms with E-state index in [9.17, 15) is 0 Å². The minimum atomic E-state index is 0.0736. The molecule has 0 aromatic carbocycles. The summed E-state index contributed by atoms with van der Waals surface area (Å²) in [5.41, 5.74) is 0. The van der Waals surface area contributed by atoms with Gasteiger partial charge in [0.15, 0.2) is 0 Å². The molecule has 0 heterocycles. The molecule has 2 nitrogen and oxygen atoms in total. The summed E-state index contributed by atoms with van der Waals surface area (Å²) in [4.78, 5) is 8.30. The first-order chi connectivity index (χ1) is 7.36. The van der Waals surface area contributed by atoms with E-state index >= 15 is 0 Å². The molecule has 0 amide bonds. The van der Waals surface area contributed by atoms with Crippen molar-refractivity contribution in [2.24, 2.45) is 15.9 Å². The second kappa shape index (κ2) is 8.26. The van der Waals surface area contributed by atoms with Crippen LogP contribution in [0.1, 0.15) is 33.6 Å². The molecular weight excluding hydrogens is 311 g/mol. The van der Waals surface area contributed by atoms with Gasteiger partial charge in [-0.2, -0.15) is 0 Å². The summed E-state index contributed by atoms with van der Waals surface area (Å²) < 4.78 is 0.907. The number of amidine groups is 1. The summed E-state index contributed by atoms with van der Waals surface area (Å²) in [6, 6.07) is 0.0736. The van der Waals surface area contributed by atoms with Gasteiger partial charge >= 0.3 is 0 Å². The van der Waals surface area contributed by atoms with Gasteiger partial charge in [0.2, 0.25) is 5.29 Å². The quantitative estimate of drug-likeness (QED) is 0.387. The summed E-state index contributed by atoms with van der Waals surface area (Å²) in [6.45, 7) is 9.88. The van der Waals surface area contributed by atoms with E-state index in [0.29, 0.717) is 17.5 Å². The van der Waals surface area contributed by atoms with Crippen molar-refractivity contribution in [2.75, 3.05) is 0 Å². The summed E-state index contributed by atoms with van der Waals surface area (Å²) >= 11 is 15.0. The van der Waals surface area contributed by atoms with Crippen LogP contribution in [0.3, 0.4) is 0 Å². The lowest BCUT2D eigenvalue weighted by Gasteiger charge is -2.15. The van der Waals surface area contributed by atoms with Crippen molar-refractivity contribution in [3.8, 4) is 0 Å². The second-order valence-corrected chi connectivity index (χ2v) is 5.67. The highest BCUT2D eigenvalue weighted by molar-refractivity contribution is 9.11. The predicted octanol–water partition coefficient (Wildman–Crippen LogP) is 4.95. The van der Waals surface area contributed by atoms with E-state index in [0.717, 1.165) is 10.9 Å². The summed E-state index contributed by atoms with van der Waals surface area (Å²) in [5.74, 6) is 0.374. The molecule has 0 spiro atoms. The van der Waals surface area contributed by atoms with E-state index in [4.69, 9.17) is 23.2 Å². The molecule has 0 aromatic rings. The van der Waals surface area contributed by atoms with Crippen LogP contribution in [0.15, 0.2) is 21.0 Å². The lowest BCUT2D eigenvalue weighted by Crippen LogP contribution is -2.14. The minimum absolute atomic E-state index is 0.0736. The molecule has 0 aromatic heterocycles. The SMILES string of the molecule is C=C(Br)C[C@H](N=C(Cl)N=C(Cl)CC)C(C)C. The second-order valence-electron chi connectivity index (χ2n) is 3.77. The Bertz CT molecular complexity index is 298. The predicted molar refractivity (Wildman–Crippen MR) is 78.2 cm³/mol. The monoisotopic (exact) mass is 326 g/mol. The summed E-state index contributed by atoms with van der Waals surface area (Å²) in [6.07, 6.45) is 1.40. The zero-order valence-corrected chi connectivity index (χ0v) is 12.9. The third-order valence-corrected chi connectivity index (χ3v) is 2.84. The number of hydrogen-bond donors (Lipinski definition) is 0. The fourth-order valence-corrected chi connectivity index (χ4v) is 1.68. The first-order valence-corrected chi connectivity index (χ1v) is 6.71. The Labute approximate surface area is 116 Å². The largest absolute Gasteiger partial charge is 0.252 e. The van der Waals surface area contributed by atoms with Crippen molar-refractivity contribution in [2.45, 2.75) is 39.7 Å². The van der Waals surface area contributed by atoms with Crippen LogP contribution in [-0.4, -0.2) is 16.5 Å². The fourth-order valence-electron chi connectivity index (χ4n) is 1.00. The van der Waals surface area contributed by atoms with Gasteiger partial charge in [-0.15, -0.1) is 0 Å². The third kappa shape index (κ3) is 7.42. The van der Waals surface area contributed by atoms with Crippen LogP contribution in [-0.2, 0) is 0 Å². The average molecular weight is 328 g/mol. The van der Waals surface area contributed by atoms with E-state index < -0.39 is 0 Å². The Morgan fingerprint density at radius 2 is 1.94 bits per heavy atom. The van der Waals surface area contributed by atoms with E-state index in [1.807, 2.05) is 6.92 Å². The number of halogens is 3. The molecule has 0 aliphatic carbocycles. The zero-order valence-electron chi connectivity index (χ0n) is 9.80. The number of rotatable bonds is 5. The molecule has 0 rings (SSSR count). The number of nitrogens with zero attached hydrogens (tertiary/aromatic N) is 2. The van der Waals surface area contributed by atoms with E-state index in [-0.39, 0.29) is 11.3 Å². The maximum absolute atomic E-state index is 5.91. The van der Waals surface area contributed by atoms with Gasteiger partial charge in [-0.25, -0.2) is 4.99 Å². The van der Waals surface area contributed by atoms with Crippen LogP contribution in [0.5, 0.6) is 0 Å². The molecule has 0 saturated carbocycles. The van der Waals surface area contributed by atoms with Gasteiger partial charge in [0.25, 0.3) is 0 Å². The van der Waals surface area contributed by atoms with Crippen LogP contribution in [0.4, 0.5) is 0 Å². The van der Waals surface area contributed by atoms with Crippen LogP contribution in [0.25, 0.3) is 0 Å². The molecule has 0 N–H and O–H groups in total. The lowest BCUT2D eigenvalue weighted by molar-refractivity contribution is 0.499. The average Bonchev–Trinajstić information content (AvgIpc) is 2.15. The molecule has 5 heteroatoms. The first kappa shape index (κ1) is 16.1. The molecular formula is C11H17BrCl2N2. The Morgan fingerprint density at radius 3 is 2.31 bits per heavy atom. The standard InChI is InChI=1S/C11H17BrCl2N2/c1-5-10(13)16-11(14)15-9(7(2)3)6-8(4)12/h7,9H,4-6H2,1-3H3/t9-/m0/s1. The minimum Gasteiger partial charge on any atom is -0.252 e. The molecule has 0 fully saturated rings. The Morgan fingerprint density at radius 1 is 1.38 bits per heavy atom. The lowest BCUT2D eigenvalue weighted by atomic mass is 10.0. The van der Waals surface area contributed by atoms with Crippen LogP contribution in [0.2, 0.25) is 0 Å². The number of aliphatic imine (C=N–C) groups is 2. The Balaban J connectivity index is 4.71. The van der Waals surface area contributed by atoms with Crippen LogP contribution >= 0.6 is 39.1 Å². The Kier molecular flexibility index (Phi) is 8.34. The molecule has 0 saturated heterocycles. The fraction of sp³-hybridized carbons (Fsp3) is 0.636.